The molecule has 0 saturated carbocycles. The number of nitrogens with zero attached hydrogens (tertiary/aromatic N) is 1. The van der Waals surface area contributed by atoms with Crippen LogP contribution in [-0.4, -0.2) is 37.0 Å². The molecule has 0 aliphatic heterocycles. The number of likely N-dealkylation sites (N-methyl/N-ethyl adjacent to an activating group) is 1. The summed E-state index contributed by atoms with van der Waals surface area (Å²) in [5, 5.41) is 18.8. The lowest BCUT2D eigenvalue weighted by Crippen LogP contribution is -2.29. The molecule has 18 heavy (non-hydrogen) atoms. The van der Waals surface area contributed by atoms with Gasteiger partial charge in [0.15, 0.2) is 0 Å². The topological polar surface area (TPSA) is 43.7 Å². The molecule has 0 aromatic heterocycles. The first-order chi connectivity index (χ1) is 8.56. The van der Waals surface area contributed by atoms with Crippen molar-refractivity contribution in [3.8, 4) is 0 Å². The van der Waals surface area contributed by atoms with Gasteiger partial charge in [0.05, 0.1) is 13.2 Å². The van der Waals surface area contributed by atoms with Crippen LogP contribution in [0.25, 0.3) is 0 Å². The smallest absolute Gasteiger partial charge is 0.0509 e. The molecule has 0 aliphatic rings. The molecule has 1 aromatic carbocycles. The average molecular weight is 249 g/mol. The summed E-state index contributed by atoms with van der Waals surface area (Å²) in [6.45, 7) is 6.35. The van der Waals surface area contributed by atoms with Gasteiger partial charge in [-0.05, 0) is 18.1 Å². The SMILES string of the molecule is C=CCN(C)c1ccccc1CC(C)(CO)CO. The third-order valence-corrected chi connectivity index (χ3v) is 3.19. The molecule has 0 radical (unpaired) electrons. The molecule has 100 valence electrons. The van der Waals surface area contributed by atoms with Gasteiger partial charge in [-0.3, -0.25) is 0 Å². The van der Waals surface area contributed by atoms with Crippen molar-refractivity contribution >= 4 is 5.69 Å². The predicted octanol–water partition coefficient (Wildman–Crippen LogP) is 1.84. The first-order valence-electron chi connectivity index (χ1n) is 6.18. The summed E-state index contributed by atoms with van der Waals surface area (Å²) in [5.74, 6) is 0. The van der Waals surface area contributed by atoms with Gasteiger partial charge >= 0.3 is 0 Å². The van der Waals surface area contributed by atoms with Crippen LogP contribution in [0.15, 0.2) is 36.9 Å². The Hall–Kier alpha value is -1.32. The number of anilines is 1. The van der Waals surface area contributed by atoms with E-state index in [-0.39, 0.29) is 13.2 Å². The van der Waals surface area contributed by atoms with Gasteiger partial charge in [0.25, 0.3) is 0 Å². The molecule has 0 bridgehead atoms. The standard InChI is InChI=1S/C15H23NO2/c1-4-9-16(3)14-8-6-5-7-13(14)10-15(2,11-17)12-18/h4-8,17-18H,1,9-12H2,2-3H3. The number of aliphatic hydroxyl groups excluding tert-OH is 2. The summed E-state index contributed by atoms with van der Waals surface area (Å²) in [4.78, 5) is 2.11. The Kier molecular flexibility index (Phi) is 5.38. The Morgan fingerprint density at radius 3 is 2.44 bits per heavy atom. The van der Waals surface area contributed by atoms with Gasteiger partial charge in [0, 0.05) is 24.7 Å². The molecule has 0 aliphatic carbocycles. The number of para-hydroxylation sites is 1. The van der Waals surface area contributed by atoms with Crippen molar-refractivity contribution in [2.24, 2.45) is 5.41 Å². The van der Waals surface area contributed by atoms with E-state index in [1.165, 1.54) is 0 Å². The summed E-state index contributed by atoms with van der Waals surface area (Å²) in [6, 6.07) is 8.07. The summed E-state index contributed by atoms with van der Waals surface area (Å²) >= 11 is 0. The molecule has 2 N–H and O–H groups in total. The highest BCUT2D eigenvalue weighted by Gasteiger charge is 2.24. The fourth-order valence-electron chi connectivity index (χ4n) is 1.95. The van der Waals surface area contributed by atoms with Crippen LogP contribution in [-0.2, 0) is 6.42 Å². The second-order valence-corrected chi connectivity index (χ2v) is 5.10. The summed E-state index contributed by atoms with van der Waals surface area (Å²) < 4.78 is 0. The largest absolute Gasteiger partial charge is 0.396 e. The van der Waals surface area contributed by atoms with Gasteiger partial charge in [0.2, 0.25) is 0 Å². The van der Waals surface area contributed by atoms with Crippen LogP contribution < -0.4 is 4.90 Å². The van der Waals surface area contributed by atoms with Gasteiger partial charge in [-0.15, -0.1) is 6.58 Å². The number of hydrogen-bond acceptors (Lipinski definition) is 3. The van der Waals surface area contributed by atoms with E-state index >= 15 is 0 Å². The average Bonchev–Trinajstić information content (AvgIpc) is 2.39. The fourth-order valence-corrected chi connectivity index (χ4v) is 1.95. The lowest BCUT2D eigenvalue weighted by Gasteiger charge is -2.28. The third-order valence-electron chi connectivity index (χ3n) is 3.19. The Bertz CT molecular complexity index is 386. The summed E-state index contributed by atoms with van der Waals surface area (Å²) in [7, 11) is 2.01. The Labute approximate surface area is 109 Å². The van der Waals surface area contributed by atoms with Gasteiger partial charge < -0.3 is 15.1 Å². The number of benzene rings is 1. The molecular weight excluding hydrogens is 226 g/mol. The zero-order chi connectivity index (χ0) is 13.6. The van der Waals surface area contributed by atoms with Gasteiger partial charge in [-0.25, -0.2) is 0 Å². The fraction of sp³-hybridized carbons (Fsp3) is 0.467. The molecule has 0 heterocycles. The van der Waals surface area contributed by atoms with E-state index in [9.17, 15) is 10.2 Å². The molecule has 0 atom stereocenters. The van der Waals surface area contributed by atoms with Crippen molar-refractivity contribution in [3.63, 3.8) is 0 Å². The van der Waals surface area contributed by atoms with E-state index in [0.29, 0.717) is 6.42 Å². The van der Waals surface area contributed by atoms with E-state index in [1.807, 2.05) is 44.3 Å². The normalized spacial score (nSPS) is 11.3. The maximum atomic E-state index is 9.39. The van der Waals surface area contributed by atoms with E-state index < -0.39 is 5.41 Å². The van der Waals surface area contributed by atoms with Crippen LogP contribution >= 0.6 is 0 Å². The third kappa shape index (κ3) is 3.59. The second kappa shape index (κ2) is 6.57. The second-order valence-electron chi connectivity index (χ2n) is 5.10. The molecule has 3 nitrogen and oxygen atoms in total. The molecule has 0 unspecified atom stereocenters. The van der Waals surface area contributed by atoms with E-state index in [2.05, 4.69) is 11.5 Å². The highest BCUT2D eigenvalue weighted by molar-refractivity contribution is 5.53. The van der Waals surface area contributed by atoms with Crippen molar-refractivity contribution in [2.45, 2.75) is 13.3 Å². The minimum Gasteiger partial charge on any atom is -0.396 e. The Morgan fingerprint density at radius 2 is 1.89 bits per heavy atom. The molecular formula is C15H23NO2. The lowest BCUT2D eigenvalue weighted by molar-refractivity contribution is 0.0705. The minimum atomic E-state index is -0.481. The maximum Gasteiger partial charge on any atom is 0.0509 e. The highest BCUT2D eigenvalue weighted by Crippen LogP contribution is 2.27. The summed E-state index contributed by atoms with van der Waals surface area (Å²) in [5.41, 5.74) is 1.77. The van der Waals surface area contributed by atoms with Crippen LogP contribution in [0.1, 0.15) is 12.5 Å². The van der Waals surface area contributed by atoms with Crippen LogP contribution in [0.4, 0.5) is 5.69 Å². The zero-order valence-electron chi connectivity index (χ0n) is 11.3. The van der Waals surface area contributed by atoms with Crippen molar-refractivity contribution in [3.05, 3.63) is 42.5 Å². The molecule has 0 amide bonds. The van der Waals surface area contributed by atoms with E-state index in [0.717, 1.165) is 17.8 Å². The van der Waals surface area contributed by atoms with Crippen molar-refractivity contribution in [1.82, 2.24) is 0 Å². The zero-order valence-corrected chi connectivity index (χ0v) is 11.3. The molecule has 0 fully saturated rings. The number of aliphatic hydroxyl groups is 2. The van der Waals surface area contributed by atoms with Crippen LogP contribution in [0.2, 0.25) is 0 Å². The minimum absolute atomic E-state index is 0.0248. The van der Waals surface area contributed by atoms with Gasteiger partial charge in [0.1, 0.15) is 0 Å². The quantitative estimate of drug-likeness (QED) is 0.725. The highest BCUT2D eigenvalue weighted by atomic mass is 16.3. The van der Waals surface area contributed by atoms with Crippen LogP contribution in [0.5, 0.6) is 0 Å². The van der Waals surface area contributed by atoms with E-state index in [4.69, 9.17) is 0 Å². The van der Waals surface area contributed by atoms with E-state index in [1.54, 1.807) is 0 Å². The number of rotatable bonds is 7. The van der Waals surface area contributed by atoms with Crippen LogP contribution in [0.3, 0.4) is 0 Å². The van der Waals surface area contributed by atoms with Gasteiger partial charge in [-0.2, -0.15) is 0 Å². The summed E-state index contributed by atoms with van der Waals surface area (Å²) in [6.07, 6.45) is 2.51. The van der Waals surface area contributed by atoms with Crippen molar-refractivity contribution in [2.75, 3.05) is 31.7 Å². The lowest BCUT2D eigenvalue weighted by atomic mass is 9.84. The first-order valence-corrected chi connectivity index (χ1v) is 6.18. The molecule has 0 saturated heterocycles. The molecule has 3 heteroatoms. The molecule has 1 aromatic rings. The Balaban J connectivity index is 2.98. The first kappa shape index (κ1) is 14.7. The van der Waals surface area contributed by atoms with Crippen LogP contribution in [0, 0.1) is 5.41 Å². The number of hydrogen-bond donors (Lipinski definition) is 2. The maximum absolute atomic E-state index is 9.39. The van der Waals surface area contributed by atoms with Crippen molar-refractivity contribution in [1.29, 1.82) is 0 Å². The van der Waals surface area contributed by atoms with Crippen molar-refractivity contribution < 1.29 is 10.2 Å². The Morgan fingerprint density at radius 1 is 1.28 bits per heavy atom. The van der Waals surface area contributed by atoms with Gasteiger partial charge in [-0.1, -0.05) is 31.2 Å². The monoisotopic (exact) mass is 249 g/mol. The predicted molar refractivity (Wildman–Crippen MR) is 75.9 cm³/mol. The molecule has 0 spiro atoms. The molecule has 1 rings (SSSR count).